The van der Waals surface area contributed by atoms with Crippen molar-refractivity contribution in [1.29, 1.82) is 0 Å². The lowest BCUT2D eigenvalue weighted by Gasteiger charge is -2.07. The second-order valence-electron chi connectivity index (χ2n) is 6.98. The van der Waals surface area contributed by atoms with E-state index in [0.717, 1.165) is 18.4 Å². The van der Waals surface area contributed by atoms with Crippen molar-refractivity contribution < 1.29 is 9.53 Å². The zero-order chi connectivity index (χ0) is 15.7. The molecule has 4 heteroatoms. The molecular formula is C17H26N2O2. The van der Waals surface area contributed by atoms with Crippen LogP contribution in [0.3, 0.4) is 0 Å². The monoisotopic (exact) mass is 290 g/mol. The average Bonchev–Trinajstić information content (AvgIpc) is 2.85. The molecule has 2 rings (SSSR count). The Balaban J connectivity index is 1.72. The molecule has 0 bridgehead atoms. The third kappa shape index (κ3) is 3.04. The number of pyridine rings is 1. The third-order valence-electron chi connectivity index (χ3n) is 5.23. The van der Waals surface area contributed by atoms with Crippen molar-refractivity contribution in [1.82, 2.24) is 10.3 Å². The van der Waals surface area contributed by atoms with Gasteiger partial charge in [-0.15, -0.1) is 0 Å². The predicted molar refractivity (Wildman–Crippen MR) is 83.2 cm³/mol. The highest BCUT2D eigenvalue weighted by molar-refractivity contribution is 5.84. The minimum absolute atomic E-state index is 0.108. The maximum absolute atomic E-state index is 12.2. The molecule has 1 saturated carbocycles. The number of carbonyl (C=O) groups excluding carboxylic acids is 1. The van der Waals surface area contributed by atoms with Gasteiger partial charge in [0.1, 0.15) is 0 Å². The molecule has 1 aliphatic carbocycles. The fraction of sp³-hybridized carbons (Fsp3) is 0.647. The van der Waals surface area contributed by atoms with Crippen LogP contribution >= 0.6 is 0 Å². The number of rotatable bonds is 6. The molecule has 1 heterocycles. The molecular weight excluding hydrogens is 264 g/mol. The number of aromatic nitrogens is 1. The summed E-state index contributed by atoms with van der Waals surface area (Å²) in [6, 6.07) is 3.88. The van der Waals surface area contributed by atoms with Crippen LogP contribution in [0.2, 0.25) is 0 Å². The number of nitrogens with one attached hydrogen (secondary N) is 1. The van der Waals surface area contributed by atoms with Crippen LogP contribution in [-0.2, 0) is 11.2 Å². The van der Waals surface area contributed by atoms with Crippen LogP contribution in [0.15, 0.2) is 18.3 Å². The van der Waals surface area contributed by atoms with Crippen molar-refractivity contribution in [2.45, 2.75) is 40.5 Å². The average molecular weight is 290 g/mol. The van der Waals surface area contributed by atoms with E-state index in [4.69, 9.17) is 4.74 Å². The number of nitrogens with zero attached hydrogens (tertiary/aromatic N) is 1. The van der Waals surface area contributed by atoms with Gasteiger partial charge in [-0.2, -0.15) is 0 Å². The van der Waals surface area contributed by atoms with Crippen LogP contribution in [0.5, 0.6) is 5.88 Å². The molecule has 1 aromatic heterocycles. The lowest BCUT2D eigenvalue weighted by molar-refractivity contribution is -0.123. The Morgan fingerprint density at radius 2 is 1.95 bits per heavy atom. The minimum atomic E-state index is 0.108. The Morgan fingerprint density at radius 3 is 2.43 bits per heavy atom. The Bertz CT molecular complexity index is 492. The lowest BCUT2D eigenvalue weighted by atomic mass is 10.0. The van der Waals surface area contributed by atoms with Crippen LogP contribution in [-0.4, -0.2) is 24.5 Å². The van der Waals surface area contributed by atoms with E-state index in [1.54, 1.807) is 7.11 Å². The van der Waals surface area contributed by atoms with E-state index in [2.05, 4.69) is 38.0 Å². The van der Waals surface area contributed by atoms with E-state index < -0.39 is 0 Å². The van der Waals surface area contributed by atoms with Crippen molar-refractivity contribution in [3.8, 4) is 5.88 Å². The van der Waals surface area contributed by atoms with Crippen LogP contribution in [0.1, 0.15) is 39.7 Å². The van der Waals surface area contributed by atoms with E-state index in [0.29, 0.717) is 12.4 Å². The van der Waals surface area contributed by atoms with Gasteiger partial charge >= 0.3 is 0 Å². The smallest absolute Gasteiger partial charge is 0.224 e. The van der Waals surface area contributed by atoms with Gasteiger partial charge in [-0.05, 0) is 29.2 Å². The molecule has 1 aliphatic rings. The molecule has 0 atom stereocenters. The van der Waals surface area contributed by atoms with Crippen LogP contribution in [0.25, 0.3) is 0 Å². The standard InChI is InChI=1S/C17H26N2O2/c1-16(2)14(17(16,3)4)15(20)18-10-6-7-12-8-9-13(21-5)19-11-12/h8-9,11,14H,6-7,10H2,1-5H3,(H,18,20). The zero-order valence-corrected chi connectivity index (χ0v) is 13.7. The summed E-state index contributed by atoms with van der Waals surface area (Å²) in [5.74, 6) is 0.954. The highest BCUT2D eigenvalue weighted by Gasteiger charge is 2.68. The molecule has 0 aromatic carbocycles. The van der Waals surface area contributed by atoms with Crippen LogP contribution in [0, 0.1) is 16.7 Å². The van der Waals surface area contributed by atoms with Crippen molar-refractivity contribution >= 4 is 5.91 Å². The summed E-state index contributed by atoms with van der Waals surface area (Å²) in [5.41, 5.74) is 1.38. The van der Waals surface area contributed by atoms with Gasteiger partial charge in [0.15, 0.2) is 0 Å². The number of hydrogen-bond donors (Lipinski definition) is 1. The first-order valence-electron chi connectivity index (χ1n) is 7.57. The van der Waals surface area contributed by atoms with Gasteiger partial charge in [0.05, 0.1) is 7.11 Å². The summed E-state index contributed by atoms with van der Waals surface area (Å²) < 4.78 is 5.03. The van der Waals surface area contributed by atoms with E-state index in [1.165, 1.54) is 0 Å². The SMILES string of the molecule is COc1ccc(CCCNC(=O)C2C(C)(C)C2(C)C)cn1. The second-order valence-corrected chi connectivity index (χ2v) is 6.98. The Labute approximate surface area is 127 Å². The van der Waals surface area contributed by atoms with Gasteiger partial charge in [-0.25, -0.2) is 4.98 Å². The van der Waals surface area contributed by atoms with Crippen LogP contribution in [0.4, 0.5) is 0 Å². The molecule has 21 heavy (non-hydrogen) atoms. The summed E-state index contributed by atoms with van der Waals surface area (Å²) in [5, 5.41) is 3.06. The first-order chi connectivity index (χ1) is 9.80. The van der Waals surface area contributed by atoms with Crippen LogP contribution < -0.4 is 10.1 Å². The van der Waals surface area contributed by atoms with E-state index in [1.807, 2.05) is 18.3 Å². The molecule has 0 saturated heterocycles. The number of hydrogen-bond acceptors (Lipinski definition) is 3. The maximum atomic E-state index is 12.2. The van der Waals surface area contributed by atoms with Crippen molar-refractivity contribution in [3.05, 3.63) is 23.9 Å². The van der Waals surface area contributed by atoms with Gasteiger partial charge in [0.25, 0.3) is 0 Å². The van der Waals surface area contributed by atoms with E-state index >= 15 is 0 Å². The summed E-state index contributed by atoms with van der Waals surface area (Å²) in [6.07, 6.45) is 3.66. The largest absolute Gasteiger partial charge is 0.481 e. The Kier molecular flexibility index (Phi) is 4.26. The molecule has 116 valence electrons. The van der Waals surface area contributed by atoms with Gasteiger partial charge in [-0.3, -0.25) is 4.79 Å². The van der Waals surface area contributed by atoms with Crippen molar-refractivity contribution in [2.24, 2.45) is 16.7 Å². The second kappa shape index (κ2) is 5.66. The Hall–Kier alpha value is -1.58. The summed E-state index contributed by atoms with van der Waals surface area (Å²) in [6.45, 7) is 9.38. The molecule has 1 aromatic rings. The first kappa shape index (κ1) is 15.8. The molecule has 0 spiro atoms. The summed E-state index contributed by atoms with van der Waals surface area (Å²) in [4.78, 5) is 16.4. The number of amides is 1. The number of carbonyl (C=O) groups is 1. The highest BCUT2D eigenvalue weighted by Crippen LogP contribution is 2.68. The van der Waals surface area contributed by atoms with E-state index in [9.17, 15) is 4.79 Å². The first-order valence-corrected chi connectivity index (χ1v) is 7.57. The number of aryl methyl sites for hydroxylation is 1. The van der Waals surface area contributed by atoms with Crippen molar-refractivity contribution in [3.63, 3.8) is 0 Å². The van der Waals surface area contributed by atoms with Gasteiger partial charge in [0, 0.05) is 24.7 Å². The molecule has 0 aliphatic heterocycles. The summed E-state index contributed by atoms with van der Waals surface area (Å²) >= 11 is 0. The number of methoxy groups -OCH3 is 1. The zero-order valence-electron chi connectivity index (χ0n) is 13.7. The van der Waals surface area contributed by atoms with Gasteiger partial charge < -0.3 is 10.1 Å². The number of ether oxygens (including phenoxy) is 1. The summed E-state index contributed by atoms with van der Waals surface area (Å²) in [7, 11) is 1.61. The molecule has 1 N–H and O–H groups in total. The quantitative estimate of drug-likeness (QED) is 0.820. The maximum Gasteiger partial charge on any atom is 0.224 e. The molecule has 4 nitrogen and oxygen atoms in total. The van der Waals surface area contributed by atoms with Gasteiger partial charge in [0.2, 0.25) is 11.8 Å². The molecule has 0 radical (unpaired) electrons. The molecule has 0 unspecified atom stereocenters. The molecule has 1 amide bonds. The topological polar surface area (TPSA) is 51.2 Å². The minimum Gasteiger partial charge on any atom is -0.481 e. The lowest BCUT2D eigenvalue weighted by Crippen LogP contribution is -2.28. The van der Waals surface area contributed by atoms with Gasteiger partial charge in [-0.1, -0.05) is 33.8 Å². The fourth-order valence-electron chi connectivity index (χ4n) is 3.14. The normalized spacial score (nSPS) is 19.1. The third-order valence-corrected chi connectivity index (χ3v) is 5.23. The van der Waals surface area contributed by atoms with E-state index in [-0.39, 0.29) is 22.7 Å². The Morgan fingerprint density at radius 1 is 1.29 bits per heavy atom. The fourth-order valence-corrected chi connectivity index (χ4v) is 3.14. The molecule has 1 fully saturated rings. The van der Waals surface area contributed by atoms with Crippen molar-refractivity contribution in [2.75, 3.05) is 13.7 Å². The predicted octanol–water partition coefficient (Wildman–Crippen LogP) is 2.82. The highest BCUT2D eigenvalue weighted by atomic mass is 16.5.